The summed E-state index contributed by atoms with van der Waals surface area (Å²) in [6, 6.07) is 3.05. The van der Waals surface area contributed by atoms with Crippen LogP contribution in [0.25, 0.3) is 0 Å². The van der Waals surface area contributed by atoms with E-state index in [1.165, 1.54) is 11.0 Å². The van der Waals surface area contributed by atoms with Crippen LogP contribution < -0.4 is 4.74 Å². The molecule has 134 valence electrons. The molecule has 0 radical (unpaired) electrons. The maximum Gasteiger partial charge on any atom is 0.260 e. The van der Waals surface area contributed by atoms with E-state index in [1.807, 2.05) is 0 Å². The third-order valence-corrected chi connectivity index (χ3v) is 6.88. The van der Waals surface area contributed by atoms with Gasteiger partial charge < -0.3 is 9.64 Å². The highest BCUT2D eigenvalue weighted by Gasteiger charge is 2.33. The van der Waals surface area contributed by atoms with Crippen molar-refractivity contribution in [3.63, 3.8) is 0 Å². The number of carbonyl (C=O) groups excluding carboxylic acids is 1. The Kier molecular flexibility index (Phi) is 5.79. The summed E-state index contributed by atoms with van der Waals surface area (Å²) in [7, 11) is -3.16. The topological polar surface area (TPSA) is 63.7 Å². The minimum atomic E-state index is -3.16. The molecule has 5 nitrogen and oxygen atoms in total. The number of rotatable bonds is 5. The molecule has 0 aromatic heterocycles. The van der Waals surface area contributed by atoms with E-state index in [0.29, 0.717) is 25.9 Å². The van der Waals surface area contributed by atoms with Gasteiger partial charge in [0.1, 0.15) is 5.75 Å². The van der Waals surface area contributed by atoms with Crippen LogP contribution in [0.5, 0.6) is 5.75 Å². The predicted molar refractivity (Wildman–Crippen MR) is 85.5 cm³/mol. The average Bonchev–Trinajstić information content (AvgIpc) is 2.55. The molecule has 1 saturated heterocycles. The summed E-state index contributed by atoms with van der Waals surface area (Å²) in [5, 5.41) is -0.852. The number of carbonyl (C=O) groups is 1. The van der Waals surface area contributed by atoms with E-state index >= 15 is 0 Å². The summed E-state index contributed by atoms with van der Waals surface area (Å²) in [5.41, 5.74) is 0. The van der Waals surface area contributed by atoms with Crippen LogP contribution in [0.3, 0.4) is 0 Å². The Bertz CT molecular complexity index is 698. The Morgan fingerprint density at radius 2 is 1.88 bits per heavy atom. The Morgan fingerprint density at radius 3 is 2.42 bits per heavy atom. The Balaban J connectivity index is 1.86. The highest BCUT2D eigenvalue weighted by molar-refractivity contribution is 7.92. The first-order chi connectivity index (χ1) is 11.2. The quantitative estimate of drug-likeness (QED) is 0.806. The fourth-order valence-corrected chi connectivity index (χ4v) is 4.26. The molecule has 0 bridgehead atoms. The summed E-state index contributed by atoms with van der Waals surface area (Å²) in [4.78, 5) is 13.6. The van der Waals surface area contributed by atoms with Crippen LogP contribution in [0.4, 0.5) is 8.78 Å². The van der Waals surface area contributed by atoms with E-state index in [2.05, 4.69) is 0 Å². The zero-order chi connectivity index (χ0) is 17.9. The minimum absolute atomic E-state index is 0.0690. The molecule has 24 heavy (non-hydrogen) atoms. The highest BCUT2D eigenvalue weighted by Crippen LogP contribution is 2.22. The van der Waals surface area contributed by atoms with Gasteiger partial charge in [0.05, 0.1) is 10.5 Å². The van der Waals surface area contributed by atoms with E-state index in [0.717, 1.165) is 12.1 Å². The molecule has 8 heteroatoms. The maximum atomic E-state index is 13.1. The normalized spacial score (nSPS) is 16.5. The molecule has 0 spiro atoms. The molecule has 0 atom stereocenters. The van der Waals surface area contributed by atoms with Crippen LogP contribution in [0, 0.1) is 11.6 Å². The predicted octanol–water partition coefficient (Wildman–Crippen LogP) is 2.16. The molecule has 1 fully saturated rings. The lowest BCUT2D eigenvalue weighted by Gasteiger charge is -2.32. The Morgan fingerprint density at radius 1 is 1.25 bits per heavy atom. The molecule has 2 rings (SSSR count). The van der Waals surface area contributed by atoms with Crippen molar-refractivity contribution in [2.24, 2.45) is 0 Å². The van der Waals surface area contributed by atoms with E-state index in [-0.39, 0.29) is 18.3 Å². The molecule has 0 saturated carbocycles. The van der Waals surface area contributed by atoms with Crippen molar-refractivity contribution in [2.45, 2.75) is 37.2 Å². The molecule has 1 aliphatic heterocycles. The van der Waals surface area contributed by atoms with Crippen LogP contribution in [0.15, 0.2) is 18.2 Å². The number of nitrogens with zero attached hydrogens (tertiary/aromatic N) is 1. The first-order valence-electron chi connectivity index (χ1n) is 7.80. The number of hydrogen-bond donors (Lipinski definition) is 0. The van der Waals surface area contributed by atoms with Crippen molar-refractivity contribution in [3.05, 3.63) is 29.8 Å². The molecular weight excluding hydrogens is 340 g/mol. The van der Waals surface area contributed by atoms with Gasteiger partial charge >= 0.3 is 0 Å². The molecule has 1 aliphatic rings. The number of sulfone groups is 1. The molecule has 1 amide bonds. The van der Waals surface area contributed by atoms with Crippen LogP contribution in [-0.2, 0) is 14.6 Å². The molecule has 1 aromatic rings. The third kappa shape index (κ3) is 4.23. The second-order valence-corrected chi connectivity index (χ2v) is 8.87. The summed E-state index contributed by atoms with van der Waals surface area (Å²) in [5.74, 6) is -2.26. The van der Waals surface area contributed by atoms with Gasteiger partial charge in [-0.05, 0) is 38.8 Å². The first kappa shape index (κ1) is 18.6. The van der Waals surface area contributed by atoms with Gasteiger partial charge in [0.25, 0.3) is 5.91 Å². The van der Waals surface area contributed by atoms with Gasteiger partial charge in [0.15, 0.2) is 28.1 Å². The molecule has 0 unspecified atom stereocenters. The van der Waals surface area contributed by atoms with Crippen molar-refractivity contribution < 1.29 is 26.7 Å². The second kappa shape index (κ2) is 7.46. The largest absolute Gasteiger partial charge is 0.484 e. The van der Waals surface area contributed by atoms with Gasteiger partial charge in [0.2, 0.25) is 0 Å². The van der Waals surface area contributed by atoms with E-state index in [4.69, 9.17) is 4.74 Å². The number of hydrogen-bond acceptors (Lipinski definition) is 4. The van der Waals surface area contributed by atoms with Crippen molar-refractivity contribution in [1.29, 1.82) is 0 Å². The van der Waals surface area contributed by atoms with Crippen molar-refractivity contribution in [3.8, 4) is 5.75 Å². The van der Waals surface area contributed by atoms with Gasteiger partial charge in [-0.25, -0.2) is 17.2 Å². The van der Waals surface area contributed by atoms with Crippen molar-refractivity contribution in [1.82, 2.24) is 4.90 Å². The van der Waals surface area contributed by atoms with Crippen LogP contribution in [-0.4, -0.2) is 49.4 Å². The average molecular weight is 361 g/mol. The van der Waals surface area contributed by atoms with Gasteiger partial charge in [-0.2, -0.15) is 0 Å². The van der Waals surface area contributed by atoms with Crippen LogP contribution >= 0.6 is 0 Å². The van der Waals surface area contributed by atoms with E-state index in [1.54, 1.807) is 13.8 Å². The van der Waals surface area contributed by atoms with Gasteiger partial charge in [-0.1, -0.05) is 0 Å². The smallest absolute Gasteiger partial charge is 0.260 e. The zero-order valence-corrected chi connectivity index (χ0v) is 14.5. The Labute approximate surface area is 140 Å². The first-order valence-corrected chi connectivity index (χ1v) is 9.41. The van der Waals surface area contributed by atoms with Crippen molar-refractivity contribution in [2.75, 3.05) is 19.7 Å². The fourth-order valence-electron chi connectivity index (χ4n) is 2.62. The second-order valence-electron chi connectivity index (χ2n) is 6.08. The maximum absolute atomic E-state index is 13.1. The zero-order valence-electron chi connectivity index (χ0n) is 13.7. The highest BCUT2D eigenvalue weighted by atomic mass is 32.2. The number of benzene rings is 1. The van der Waals surface area contributed by atoms with E-state index in [9.17, 15) is 22.0 Å². The van der Waals surface area contributed by atoms with Crippen molar-refractivity contribution >= 4 is 15.7 Å². The van der Waals surface area contributed by atoms with Crippen LogP contribution in [0.1, 0.15) is 26.7 Å². The molecule has 1 aromatic carbocycles. The fraction of sp³-hybridized carbons (Fsp3) is 0.562. The van der Waals surface area contributed by atoms with Gasteiger partial charge in [-0.15, -0.1) is 0 Å². The number of halogens is 2. The lowest BCUT2D eigenvalue weighted by atomic mass is 10.1. The monoisotopic (exact) mass is 361 g/mol. The molecule has 0 aliphatic carbocycles. The lowest BCUT2D eigenvalue weighted by molar-refractivity contribution is -0.134. The number of piperidine rings is 1. The van der Waals surface area contributed by atoms with E-state index < -0.39 is 32.0 Å². The summed E-state index contributed by atoms with van der Waals surface area (Å²) < 4.78 is 55.3. The molecule has 1 heterocycles. The SMILES string of the molecule is CC(C)S(=O)(=O)C1CCN(C(=O)COc2ccc(F)c(F)c2)CC1. The van der Waals surface area contributed by atoms with Crippen LogP contribution in [0.2, 0.25) is 0 Å². The number of ether oxygens (including phenoxy) is 1. The van der Waals surface area contributed by atoms with Gasteiger partial charge in [0, 0.05) is 19.2 Å². The minimum Gasteiger partial charge on any atom is -0.484 e. The third-order valence-electron chi connectivity index (χ3n) is 4.17. The summed E-state index contributed by atoms with van der Waals surface area (Å²) in [6.07, 6.45) is 0.800. The molecular formula is C16H21F2NO4S. The van der Waals surface area contributed by atoms with Gasteiger partial charge in [-0.3, -0.25) is 4.79 Å². The number of amides is 1. The summed E-state index contributed by atoms with van der Waals surface area (Å²) >= 11 is 0. The number of likely N-dealkylation sites (tertiary alicyclic amines) is 1. The molecule has 0 N–H and O–H groups in total. The lowest BCUT2D eigenvalue weighted by Crippen LogP contribution is -2.45. The summed E-state index contributed by atoms with van der Waals surface area (Å²) in [6.45, 7) is 3.70. The Hall–Kier alpha value is -1.70. The standard InChI is InChI=1S/C16H21F2NO4S/c1-11(2)24(21,22)13-5-7-19(8-6-13)16(20)10-23-12-3-4-14(17)15(18)9-12/h3-4,9,11,13H,5-8,10H2,1-2H3.